The Morgan fingerprint density at radius 3 is 2.90 bits per heavy atom. The van der Waals surface area contributed by atoms with Gasteiger partial charge in [0, 0.05) is 9.86 Å². The third-order valence-corrected chi connectivity index (χ3v) is 4.64. The number of nitrogens with one attached hydrogen (secondary N) is 1. The van der Waals surface area contributed by atoms with E-state index in [0.29, 0.717) is 6.54 Å². The first kappa shape index (κ1) is 13.2. The quantitative estimate of drug-likeness (QED) is 0.576. The van der Waals surface area contributed by atoms with E-state index in [1.165, 1.54) is 0 Å². The number of fused-ring (bicyclic) bond motifs is 2. The molecule has 0 fully saturated rings. The first-order valence-electron chi connectivity index (χ1n) is 6.59. The molecule has 1 aromatic heterocycles. The molecule has 0 saturated heterocycles. The predicted molar refractivity (Wildman–Crippen MR) is 89.9 cm³/mol. The molecule has 2 heterocycles. The second-order valence-electron chi connectivity index (χ2n) is 4.93. The number of anilines is 1. The van der Waals surface area contributed by atoms with Gasteiger partial charge in [0.1, 0.15) is 11.3 Å². The fourth-order valence-electron chi connectivity index (χ4n) is 2.51. The number of halogens is 2. The number of benzene rings is 2. The first-order valence-corrected chi connectivity index (χ1v) is 8.17. The fraction of sp³-hybridized carbons (Fsp3) is 0.125. The van der Waals surface area contributed by atoms with Crippen LogP contribution < -0.4 is 10.1 Å². The number of ether oxygens (including phenoxy) is 1. The van der Waals surface area contributed by atoms with Crippen molar-refractivity contribution < 1.29 is 9.15 Å². The largest absolute Gasteiger partial charge is 0.477 e. The molecule has 1 N–H and O–H groups in total. The van der Waals surface area contributed by atoms with Crippen LogP contribution in [0.15, 0.2) is 55.8 Å². The maximum atomic E-state index is 6.09. The van der Waals surface area contributed by atoms with Gasteiger partial charge in [0.25, 0.3) is 0 Å². The van der Waals surface area contributed by atoms with Crippen LogP contribution in [0.4, 0.5) is 5.69 Å². The van der Waals surface area contributed by atoms with Crippen molar-refractivity contribution in [2.75, 3.05) is 11.9 Å². The van der Waals surface area contributed by atoms with Gasteiger partial charge >= 0.3 is 0 Å². The average molecular weight is 409 g/mol. The maximum Gasteiger partial charge on any atom is 0.173 e. The van der Waals surface area contributed by atoms with Crippen molar-refractivity contribution in [2.24, 2.45) is 0 Å². The van der Waals surface area contributed by atoms with Crippen molar-refractivity contribution in [3.8, 4) is 5.75 Å². The maximum absolute atomic E-state index is 6.09. The highest BCUT2D eigenvalue weighted by molar-refractivity contribution is 9.10. The van der Waals surface area contributed by atoms with Crippen LogP contribution in [0.5, 0.6) is 5.75 Å². The lowest BCUT2D eigenvalue weighted by molar-refractivity contribution is 0.182. The normalized spacial score (nSPS) is 17.1. The highest BCUT2D eigenvalue weighted by atomic mass is 79.9. The molecule has 0 radical (unpaired) electrons. The topological polar surface area (TPSA) is 34.4 Å². The molecule has 3 aromatic rings. The van der Waals surface area contributed by atoms with Gasteiger partial charge < -0.3 is 14.5 Å². The Hall–Kier alpha value is -1.46. The lowest BCUT2D eigenvalue weighted by Gasteiger charge is -2.26. The monoisotopic (exact) mass is 407 g/mol. The highest BCUT2D eigenvalue weighted by Gasteiger charge is 2.25. The molecule has 0 amide bonds. The minimum Gasteiger partial charge on any atom is -0.477 e. The Bertz CT molecular complexity index is 828. The summed E-state index contributed by atoms with van der Waals surface area (Å²) in [4.78, 5) is 0. The smallest absolute Gasteiger partial charge is 0.173 e. The summed E-state index contributed by atoms with van der Waals surface area (Å²) in [6, 6.07) is 14.0. The van der Waals surface area contributed by atoms with Gasteiger partial charge in [-0.2, -0.15) is 0 Å². The summed E-state index contributed by atoms with van der Waals surface area (Å²) < 4.78 is 14.0. The molecule has 1 atom stereocenters. The van der Waals surface area contributed by atoms with Gasteiger partial charge in [-0.3, -0.25) is 0 Å². The van der Waals surface area contributed by atoms with Crippen LogP contribution in [0.25, 0.3) is 11.0 Å². The van der Waals surface area contributed by atoms with Gasteiger partial charge in [0.15, 0.2) is 11.9 Å². The van der Waals surface area contributed by atoms with Crippen LogP contribution in [0.3, 0.4) is 0 Å². The Labute approximate surface area is 138 Å². The van der Waals surface area contributed by atoms with Crippen LogP contribution in [0.2, 0.25) is 0 Å². The zero-order valence-electron chi connectivity index (χ0n) is 10.9. The molecule has 0 aliphatic carbocycles. The number of hydrogen-bond donors (Lipinski definition) is 1. The Morgan fingerprint density at radius 1 is 1.10 bits per heavy atom. The molecule has 5 heteroatoms. The molecule has 1 unspecified atom stereocenters. The number of furan rings is 1. The van der Waals surface area contributed by atoms with E-state index in [1.807, 2.05) is 42.5 Å². The summed E-state index contributed by atoms with van der Waals surface area (Å²) in [5, 5.41) is 4.45. The molecule has 0 bridgehead atoms. The Morgan fingerprint density at radius 2 is 2.00 bits per heavy atom. The summed E-state index contributed by atoms with van der Waals surface area (Å²) >= 11 is 7.00. The molecule has 1 aliphatic heterocycles. The van der Waals surface area contributed by atoms with Crippen LogP contribution in [0, 0.1) is 0 Å². The van der Waals surface area contributed by atoms with E-state index in [0.717, 1.165) is 37.1 Å². The van der Waals surface area contributed by atoms with Crippen molar-refractivity contribution >= 4 is 48.5 Å². The number of rotatable bonds is 1. The van der Waals surface area contributed by atoms with Gasteiger partial charge in [-0.1, -0.05) is 22.0 Å². The van der Waals surface area contributed by atoms with E-state index >= 15 is 0 Å². The zero-order chi connectivity index (χ0) is 14.4. The zero-order valence-corrected chi connectivity index (χ0v) is 14.1. The fourth-order valence-corrected chi connectivity index (χ4v) is 3.34. The van der Waals surface area contributed by atoms with Crippen molar-refractivity contribution in [1.29, 1.82) is 0 Å². The third-order valence-electron chi connectivity index (χ3n) is 3.52. The van der Waals surface area contributed by atoms with E-state index in [2.05, 4.69) is 37.2 Å². The van der Waals surface area contributed by atoms with Crippen molar-refractivity contribution in [2.45, 2.75) is 6.10 Å². The first-order chi connectivity index (χ1) is 10.2. The van der Waals surface area contributed by atoms with Crippen molar-refractivity contribution in [1.82, 2.24) is 0 Å². The van der Waals surface area contributed by atoms with Gasteiger partial charge in [-0.05, 0) is 52.3 Å². The van der Waals surface area contributed by atoms with Gasteiger partial charge in [-0.15, -0.1) is 0 Å². The molecule has 21 heavy (non-hydrogen) atoms. The minimum atomic E-state index is -0.137. The second kappa shape index (κ2) is 5.07. The van der Waals surface area contributed by atoms with E-state index in [9.17, 15) is 0 Å². The van der Waals surface area contributed by atoms with Gasteiger partial charge in [-0.25, -0.2) is 0 Å². The van der Waals surface area contributed by atoms with E-state index in [4.69, 9.17) is 9.15 Å². The second-order valence-corrected chi connectivity index (χ2v) is 6.70. The lowest BCUT2D eigenvalue weighted by atomic mass is 10.2. The van der Waals surface area contributed by atoms with Crippen LogP contribution in [0.1, 0.15) is 11.9 Å². The molecule has 1 aliphatic rings. The van der Waals surface area contributed by atoms with Crippen LogP contribution in [-0.4, -0.2) is 6.54 Å². The van der Waals surface area contributed by atoms with Crippen LogP contribution in [-0.2, 0) is 0 Å². The molecule has 0 spiro atoms. The molecular formula is C16H11Br2NO2. The summed E-state index contributed by atoms with van der Waals surface area (Å²) in [6.07, 6.45) is -0.137. The van der Waals surface area contributed by atoms with E-state index in [-0.39, 0.29) is 6.10 Å². The number of para-hydroxylation sites is 1. The Balaban J connectivity index is 1.72. The summed E-state index contributed by atoms with van der Waals surface area (Å²) in [5.41, 5.74) is 1.87. The summed E-state index contributed by atoms with van der Waals surface area (Å²) in [5.74, 6) is 1.66. The molecule has 106 valence electrons. The standard InChI is InChI=1S/C16H11Br2NO2/c17-10-4-5-13-9(6-10)7-14(20-13)15-8-19-12-3-1-2-11(18)16(12)21-15/h1-7,15,19H,8H2. The minimum absolute atomic E-state index is 0.137. The summed E-state index contributed by atoms with van der Waals surface area (Å²) in [6.45, 7) is 0.685. The average Bonchev–Trinajstić information content (AvgIpc) is 2.90. The SMILES string of the molecule is Brc1ccc2oc(C3CNc4cccc(Br)c4O3)cc2c1. The van der Waals surface area contributed by atoms with E-state index < -0.39 is 0 Å². The number of hydrogen-bond acceptors (Lipinski definition) is 3. The highest BCUT2D eigenvalue weighted by Crippen LogP contribution is 2.40. The summed E-state index contributed by atoms with van der Waals surface area (Å²) in [7, 11) is 0. The van der Waals surface area contributed by atoms with Crippen molar-refractivity contribution in [3.63, 3.8) is 0 Å². The molecular weight excluding hydrogens is 398 g/mol. The predicted octanol–water partition coefficient (Wildman–Crippen LogP) is 5.50. The van der Waals surface area contributed by atoms with Crippen molar-refractivity contribution in [3.05, 3.63) is 57.2 Å². The van der Waals surface area contributed by atoms with E-state index in [1.54, 1.807) is 0 Å². The Kier molecular flexibility index (Phi) is 3.19. The molecule has 3 nitrogen and oxygen atoms in total. The lowest BCUT2D eigenvalue weighted by Crippen LogP contribution is -2.23. The molecule has 2 aromatic carbocycles. The van der Waals surface area contributed by atoms with Gasteiger partial charge in [0.2, 0.25) is 0 Å². The van der Waals surface area contributed by atoms with Crippen LogP contribution >= 0.6 is 31.9 Å². The molecule has 4 rings (SSSR count). The third kappa shape index (κ3) is 2.34. The van der Waals surface area contributed by atoms with Gasteiger partial charge in [0.05, 0.1) is 16.7 Å². The molecule has 0 saturated carbocycles.